The topological polar surface area (TPSA) is 33.1 Å². The number of hydrogen-bond acceptors (Lipinski definition) is 2. The summed E-state index contributed by atoms with van der Waals surface area (Å²) in [7, 11) is 0. The highest BCUT2D eigenvalue weighted by atomic mass is 35.5. The first-order valence-corrected chi connectivity index (χ1v) is 3.81. The second kappa shape index (κ2) is 2.64. The van der Waals surface area contributed by atoms with Crippen molar-refractivity contribution >= 4 is 22.5 Å². The number of phenolic OH excluding ortho intramolecular Hbond substituents is 1. The molecule has 0 saturated heterocycles. The number of aromatic nitrogens is 1. The highest BCUT2D eigenvalue weighted by molar-refractivity contribution is 6.35. The van der Waals surface area contributed by atoms with Crippen LogP contribution in [0.4, 0.5) is 0 Å². The van der Waals surface area contributed by atoms with Crippen LogP contribution in [0.3, 0.4) is 0 Å². The molecule has 12 heavy (non-hydrogen) atoms. The van der Waals surface area contributed by atoms with Gasteiger partial charge in [-0.3, -0.25) is 0 Å². The lowest BCUT2D eigenvalue weighted by atomic mass is 10.2. The Labute approximate surface area is 74.4 Å². The van der Waals surface area contributed by atoms with Crippen LogP contribution in [0.2, 0.25) is 5.02 Å². The average molecular weight is 179 g/mol. The van der Waals surface area contributed by atoms with Crippen molar-refractivity contribution in [1.82, 2.24) is 4.98 Å². The molecule has 1 radical (unpaired) electrons. The minimum absolute atomic E-state index is 0.131. The normalized spacial score (nSPS) is 10.4. The fourth-order valence-corrected chi connectivity index (χ4v) is 1.29. The molecule has 1 aromatic carbocycles. The van der Waals surface area contributed by atoms with Crippen molar-refractivity contribution in [3.05, 3.63) is 35.5 Å². The van der Waals surface area contributed by atoms with Gasteiger partial charge in [0.15, 0.2) is 0 Å². The maximum Gasteiger partial charge on any atom is 0.141 e. The van der Waals surface area contributed by atoms with E-state index >= 15 is 0 Å². The monoisotopic (exact) mass is 178 g/mol. The summed E-state index contributed by atoms with van der Waals surface area (Å²) >= 11 is 5.86. The summed E-state index contributed by atoms with van der Waals surface area (Å²) in [5.41, 5.74) is 0.491. The predicted octanol–water partition coefficient (Wildman–Crippen LogP) is 2.39. The summed E-state index contributed by atoms with van der Waals surface area (Å²) < 4.78 is 0. The Morgan fingerprint density at radius 1 is 1.33 bits per heavy atom. The first-order chi connectivity index (χ1) is 5.79. The van der Waals surface area contributed by atoms with Crippen molar-refractivity contribution in [2.24, 2.45) is 0 Å². The minimum Gasteiger partial charge on any atom is -0.506 e. The van der Waals surface area contributed by atoms with Gasteiger partial charge in [-0.1, -0.05) is 11.6 Å². The van der Waals surface area contributed by atoms with Gasteiger partial charge in [0.2, 0.25) is 0 Å². The average Bonchev–Trinajstić information content (AvgIpc) is 2.12. The van der Waals surface area contributed by atoms with Crippen LogP contribution in [0.25, 0.3) is 10.9 Å². The third-order valence-corrected chi connectivity index (χ3v) is 1.97. The second-order valence-electron chi connectivity index (χ2n) is 2.40. The number of fused-ring (bicyclic) bond motifs is 1. The fraction of sp³-hybridized carbons (Fsp3) is 0. The largest absolute Gasteiger partial charge is 0.506 e. The van der Waals surface area contributed by atoms with Gasteiger partial charge in [0.25, 0.3) is 0 Å². The van der Waals surface area contributed by atoms with E-state index in [9.17, 15) is 5.11 Å². The number of phenols is 1. The van der Waals surface area contributed by atoms with E-state index < -0.39 is 0 Å². The summed E-state index contributed by atoms with van der Waals surface area (Å²) in [4.78, 5) is 3.88. The molecule has 2 rings (SSSR count). The number of hydrogen-bond donors (Lipinski definition) is 1. The van der Waals surface area contributed by atoms with Crippen LogP contribution < -0.4 is 0 Å². The van der Waals surface area contributed by atoms with E-state index in [1.807, 2.05) is 0 Å². The Hall–Kier alpha value is -1.28. The van der Waals surface area contributed by atoms with Gasteiger partial charge in [0.1, 0.15) is 11.3 Å². The molecule has 0 unspecified atom stereocenters. The van der Waals surface area contributed by atoms with E-state index in [1.54, 1.807) is 18.2 Å². The Morgan fingerprint density at radius 2 is 2.17 bits per heavy atom. The molecular weight excluding hydrogens is 174 g/mol. The van der Waals surface area contributed by atoms with E-state index in [-0.39, 0.29) is 5.75 Å². The number of aromatic hydroxyl groups is 1. The Morgan fingerprint density at radius 3 is 2.92 bits per heavy atom. The zero-order chi connectivity index (χ0) is 8.55. The molecule has 0 aliphatic carbocycles. The quantitative estimate of drug-likeness (QED) is 0.672. The van der Waals surface area contributed by atoms with Gasteiger partial charge in [-0.15, -0.1) is 0 Å². The first-order valence-electron chi connectivity index (χ1n) is 3.43. The van der Waals surface area contributed by atoms with Crippen molar-refractivity contribution < 1.29 is 5.11 Å². The van der Waals surface area contributed by atoms with Crippen LogP contribution in [0.15, 0.2) is 24.3 Å². The molecule has 3 heteroatoms. The maximum absolute atomic E-state index is 9.35. The van der Waals surface area contributed by atoms with Gasteiger partial charge in [-0.05, 0) is 24.3 Å². The Balaban J connectivity index is 2.95. The number of nitrogens with zero attached hydrogens (tertiary/aromatic N) is 1. The third-order valence-electron chi connectivity index (χ3n) is 1.64. The van der Waals surface area contributed by atoms with E-state index in [2.05, 4.69) is 11.2 Å². The van der Waals surface area contributed by atoms with Gasteiger partial charge in [0, 0.05) is 5.39 Å². The molecule has 0 fully saturated rings. The molecule has 1 heterocycles. The van der Waals surface area contributed by atoms with Crippen molar-refractivity contribution in [2.45, 2.75) is 0 Å². The molecule has 2 aromatic rings. The summed E-state index contributed by atoms with van der Waals surface area (Å²) in [5, 5.41) is 10.7. The third kappa shape index (κ3) is 1.01. The summed E-state index contributed by atoms with van der Waals surface area (Å²) in [6.45, 7) is 0. The van der Waals surface area contributed by atoms with Crippen molar-refractivity contribution in [2.75, 3.05) is 0 Å². The smallest absolute Gasteiger partial charge is 0.141 e. The van der Waals surface area contributed by atoms with Gasteiger partial charge < -0.3 is 5.11 Å². The summed E-state index contributed by atoms with van der Waals surface area (Å²) in [5.74, 6) is 0.131. The van der Waals surface area contributed by atoms with Gasteiger partial charge in [-0.25, -0.2) is 4.98 Å². The number of rotatable bonds is 0. The zero-order valence-electron chi connectivity index (χ0n) is 6.08. The fourth-order valence-electron chi connectivity index (χ4n) is 1.07. The van der Waals surface area contributed by atoms with E-state index in [4.69, 9.17) is 11.6 Å². The lowest BCUT2D eigenvalue weighted by Crippen LogP contribution is -1.79. The second-order valence-corrected chi connectivity index (χ2v) is 2.81. The predicted molar refractivity (Wildman–Crippen MR) is 47.3 cm³/mol. The van der Waals surface area contributed by atoms with Crippen molar-refractivity contribution in [3.63, 3.8) is 0 Å². The van der Waals surface area contributed by atoms with Crippen molar-refractivity contribution in [3.8, 4) is 5.75 Å². The van der Waals surface area contributed by atoms with E-state index in [0.717, 1.165) is 5.39 Å². The number of benzene rings is 1. The molecule has 0 spiro atoms. The SMILES string of the molecule is Oc1ccc(Cl)c2cc[c]nc12. The molecule has 1 N–H and O–H groups in total. The van der Waals surface area contributed by atoms with E-state index in [1.165, 1.54) is 6.07 Å². The van der Waals surface area contributed by atoms with Crippen LogP contribution in [0.5, 0.6) is 5.75 Å². The first kappa shape index (κ1) is 7.37. The highest BCUT2D eigenvalue weighted by Gasteiger charge is 2.02. The standard InChI is InChI=1S/C9H5ClNO/c10-7-3-4-8(12)9-6(7)2-1-5-11-9/h1-4,12H. The molecule has 0 aliphatic heterocycles. The summed E-state index contributed by atoms with van der Waals surface area (Å²) in [6, 6.07) is 6.59. The van der Waals surface area contributed by atoms with Gasteiger partial charge in [0.05, 0.1) is 11.2 Å². The minimum atomic E-state index is 0.131. The van der Waals surface area contributed by atoms with Crippen molar-refractivity contribution in [1.29, 1.82) is 0 Å². The van der Waals surface area contributed by atoms with Crippen LogP contribution in [-0.4, -0.2) is 10.1 Å². The molecular formula is C9H5ClNO. The molecule has 1 aromatic heterocycles. The lowest BCUT2D eigenvalue weighted by Gasteiger charge is -1.99. The maximum atomic E-state index is 9.35. The Kier molecular flexibility index (Phi) is 1.62. The van der Waals surface area contributed by atoms with Crippen LogP contribution >= 0.6 is 11.6 Å². The lowest BCUT2D eigenvalue weighted by molar-refractivity contribution is 0.480. The molecule has 59 valence electrons. The number of pyridine rings is 1. The van der Waals surface area contributed by atoms with Crippen LogP contribution in [-0.2, 0) is 0 Å². The molecule has 2 nitrogen and oxygen atoms in total. The Bertz CT molecular complexity index is 387. The highest BCUT2D eigenvalue weighted by Crippen LogP contribution is 2.27. The molecule has 0 saturated carbocycles. The molecule has 0 atom stereocenters. The van der Waals surface area contributed by atoms with Gasteiger partial charge >= 0.3 is 0 Å². The molecule has 0 amide bonds. The summed E-state index contributed by atoms with van der Waals surface area (Å²) in [6.07, 6.45) is 2.63. The number of halogens is 1. The van der Waals surface area contributed by atoms with E-state index in [0.29, 0.717) is 10.5 Å². The molecule has 0 bridgehead atoms. The zero-order valence-corrected chi connectivity index (χ0v) is 6.84. The van der Waals surface area contributed by atoms with Crippen LogP contribution in [0, 0.1) is 6.20 Å². The van der Waals surface area contributed by atoms with Gasteiger partial charge in [-0.2, -0.15) is 0 Å². The van der Waals surface area contributed by atoms with Crippen LogP contribution in [0.1, 0.15) is 0 Å². The molecule has 0 aliphatic rings.